The number of piperidine rings is 1. The summed E-state index contributed by atoms with van der Waals surface area (Å²) < 4.78 is 5.76. The van der Waals surface area contributed by atoms with Crippen LogP contribution in [0.1, 0.15) is 57.1 Å². The molecule has 0 saturated carbocycles. The summed E-state index contributed by atoms with van der Waals surface area (Å²) in [5.41, 5.74) is -0.617. The second-order valence-corrected chi connectivity index (χ2v) is 9.40. The molecule has 2 heterocycles. The summed E-state index contributed by atoms with van der Waals surface area (Å²) in [6, 6.07) is 2.71. The molecule has 194 valence electrons. The van der Waals surface area contributed by atoms with Crippen molar-refractivity contribution in [3.8, 4) is 0 Å². The first-order valence-electron chi connectivity index (χ1n) is 11.4. The van der Waals surface area contributed by atoms with Gasteiger partial charge in [0.1, 0.15) is 11.6 Å². The monoisotopic (exact) mass is 503 g/mol. The first-order chi connectivity index (χ1) is 16.9. The lowest BCUT2D eigenvalue weighted by molar-refractivity contribution is -0.134. The van der Waals surface area contributed by atoms with E-state index in [2.05, 4.69) is 15.6 Å². The molecule has 1 atom stereocenters. The molecule has 1 fully saturated rings. The number of benzene rings is 1. The predicted octanol–water partition coefficient (Wildman–Crippen LogP) is 2.49. The molecule has 1 aromatic carbocycles. The van der Waals surface area contributed by atoms with Gasteiger partial charge in [-0.2, -0.15) is 0 Å². The van der Waals surface area contributed by atoms with Crippen LogP contribution in [0.25, 0.3) is 11.0 Å². The van der Waals surface area contributed by atoms with E-state index >= 15 is 0 Å². The maximum Gasteiger partial charge on any atom is 0.417 e. The molecule has 1 unspecified atom stereocenters. The van der Waals surface area contributed by atoms with E-state index in [0.717, 1.165) is 19.3 Å². The zero-order valence-electron chi connectivity index (χ0n) is 20.2. The Morgan fingerprint density at radius 1 is 1.08 bits per heavy atom. The van der Waals surface area contributed by atoms with Gasteiger partial charge in [0, 0.05) is 18.8 Å². The highest BCUT2D eigenvalue weighted by Gasteiger charge is 2.29. The summed E-state index contributed by atoms with van der Waals surface area (Å²) in [5.74, 6) is -3.22. The first-order valence-corrected chi connectivity index (χ1v) is 11.4. The number of aromatic nitrogens is 2. The van der Waals surface area contributed by atoms with Crippen molar-refractivity contribution in [3.05, 3.63) is 24.0 Å². The van der Waals surface area contributed by atoms with Gasteiger partial charge in [-0.15, -0.1) is 0 Å². The molecular formula is C23H29N5O8. The van der Waals surface area contributed by atoms with Gasteiger partial charge < -0.3 is 30.5 Å². The van der Waals surface area contributed by atoms with E-state index in [-0.39, 0.29) is 29.0 Å². The summed E-state index contributed by atoms with van der Waals surface area (Å²) in [6.07, 6.45) is 0.0743. The maximum atomic E-state index is 13.1. The minimum Gasteiger partial charge on any atom is -0.475 e. The van der Waals surface area contributed by atoms with Crippen LogP contribution < -0.4 is 10.6 Å². The molecule has 0 aliphatic carbocycles. The Hall–Kier alpha value is -4.16. The number of aromatic carboxylic acids is 1. The van der Waals surface area contributed by atoms with E-state index in [9.17, 15) is 34.2 Å². The predicted molar refractivity (Wildman–Crippen MR) is 127 cm³/mol. The standard InChI is InChI=1S/C23H29N5O8/c1-23(2,3)36-21(33)26-15(12-17(29)27-9-5-4-6-10-27)19(30)24-13-7-8-16-14(11-13)25-18(20(31)32)28(16)22(34)35/h7-8,11,15H,4-6,9-10,12H2,1-3H3,(H,24,30)(H,26,33)(H,31,32)(H,34,35). The number of imidazole rings is 1. The van der Waals surface area contributed by atoms with Gasteiger partial charge in [-0.25, -0.2) is 23.9 Å². The summed E-state index contributed by atoms with van der Waals surface area (Å²) >= 11 is 0. The number of fused-ring (bicyclic) bond motifs is 1. The number of nitrogens with zero attached hydrogens (tertiary/aromatic N) is 3. The second-order valence-electron chi connectivity index (χ2n) is 9.40. The van der Waals surface area contributed by atoms with Crippen LogP contribution in [-0.4, -0.2) is 79.4 Å². The Morgan fingerprint density at radius 2 is 1.75 bits per heavy atom. The van der Waals surface area contributed by atoms with Gasteiger partial charge >= 0.3 is 18.2 Å². The minimum absolute atomic E-state index is 0.0154. The number of ether oxygens (including phenoxy) is 1. The fraction of sp³-hybridized carbons (Fsp3) is 0.478. The van der Waals surface area contributed by atoms with E-state index < -0.39 is 41.5 Å². The molecule has 13 heteroatoms. The number of carboxylic acids is 1. The number of rotatable bonds is 6. The smallest absolute Gasteiger partial charge is 0.417 e. The van der Waals surface area contributed by atoms with Crippen LogP contribution in [0.4, 0.5) is 15.3 Å². The number of anilines is 1. The van der Waals surface area contributed by atoms with E-state index in [4.69, 9.17) is 4.74 Å². The van der Waals surface area contributed by atoms with E-state index in [0.29, 0.717) is 17.7 Å². The van der Waals surface area contributed by atoms with Crippen molar-refractivity contribution < 1.29 is 38.9 Å². The molecule has 1 saturated heterocycles. The maximum absolute atomic E-state index is 13.1. The van der Waals surface area contributed by atoms with E-state index in [1.807, 2.05) is 0 Å². The Bertz CT molecular complexity index is 1190. The number of nitrogens with one attached hydrogen (secondary N) is 2. The SMILES string of the molecule is CC(C)(C)OC(=O)NC(CC(=O)N1CCCCC1)C(=O)Nc1ccc2c(c1)nc(C(=O)O)n2C(=O)O. The van der Waals surface area contributed by atoms with Gasteiger partial charge in [-0.3, -0.25) is 9.59 Å². The van der Waals surface area contributed by atoms with Crippen molar-refractivity contribution in [2.45, 2.75) is 58.1 Å². The van der Waals surface area contributed by atoms with Crippen molar-refractivity contribution in [2.24, 2.45) is 0 Å². The Labute approximate surface area is 206 Å². The van der Waals surface area contributed by atoms with Crippen molar-refractivity contribution in [1.82, 2.24) is 19.8 Å². The van der Waals surface area contributed by atoms with Crippen LogP contribution in [0.3, 0.4) is 0 Å². The average Bonchev–Trinajstić information content (AvgIpc) is 3.17. The zero-order valence-corrected chi connectivity index (χ0v) is 20.2. The van der Waals surface area contributed by atoms with E-state index in [1.165, 1.54) is 18.2 Å². The zero-order chi connectivity index (χ0) is 26.6. The number of alkyl carbamates (subject to hydrolysis) is 1. The molecule has 2 aromatic rings. The first kappa shape index (κ1) is 26.4. The van der Waals surface area contributed by atoms with Crippen LogP contribution >= 0.6 is 0 Å². The molecule has 0 spiro atoms. The Morgan fingerprint density at radius 3 is 2.33 bits per heavy atom. The summed E-state index contributed by atoms with van der Waals surface area (Å²) in [4.78, 5) is 66.6. The highest BCUT2D eigenvalue weighted by Crippen LogP contribution is 2.21. The van der Waals surface area contributed by atoms with Gasteiger partial charge in [-0.05, 0) is 58.2 Å². The lowest BCUT2D eigenvalue weighted by Crippen LogP contribution is -2.49. The molecule has 1 aliphatic heterocycles. The molecule has 0 bridgehead atoms. The molecule has 3 amide bonds. The highest BCUT2D eigenvalue weighted by atomic mass is 16.6. The lowest BCUT2D eigenvalue weighted by Gasteiger charge is -2.29. The fourth-order valence-electron chi connectivity index (χ4n) is 3.83. The van der Waals surface area contributed by atoms with Crippen molar-refractivity contribution in [2.75, 3.05) is 18.4 Å². The van der Waals surface area contributed by atoms with Gasteiger partial charge in [0.05, 0.1) is 17.5 Å². The number of hydrogen-bond donors (Lipinski definition) is 4. The van der Waals surface area contributed by atoms with Crippen LogP contribution in [-0.2, 0) is 14.3 Å². The highest BCUT2D eigenvalue weighted by molar-refractivity contribution is 6.02. The van der Waals surface area contributed by atoms with Gasteiger partial charge in [0.2, 0.25) is 17.6 Å². The molecular weight excluding hydrogens is 474 g/mol. The molecule has 1 aromatic heterocycles. The molecule has 4 N–H and O–H groups in total. The summed E-state index contributed by atoms with van der Waals surface area (Å²) in [7, 11) is 0. The second kappa shape index (κ2) is 10.6. The van der Waals surface area contributed by atoms with Crippen molar-refractivity contribution in [3.63, 3.8) is 0 Å². The van der Waals surface area contributed by atoms with Gasteiger partial charge in [-0.1, -0.05) is 0 Å². The number of carbonyl (C=O) groups excluding carboxylic acids is 3. The summed E-state index contributed by atoms with van der Waals surface area (Å²) in [5, 5.41) is 23.6. The van der Waals surface area contributed by atoms with Crippen LogP contribution in [0.5, 0.6) is 0 Å². The normalized spacial score (nSPS) is 14.7. The number of carboxylic acid groups (broad SMARTS) is 2. The number of carbonyl (C=O) groups is 5. The lowest BCUT2D eigenvalue weighted by atomic mass is 10.1. The van der Waals surface area contributed by atoms with Crippen LogP contribution in [0.15, 0.2) is 18.2 Å². The van der Waals surface area contributed by atoms with Gasteiger partial charge in [0.15, 0.2) is 0 Å². The van der Waals surface area contributed by atoms with Crippen LogP contribution in [0.2, 0.25) is 0 Å². The average molecular weight is 504 g/mol. The third-order valence-electron chi connectivity index (χ3n) is 5.40. The Kier molecular flexibility index (Phi) is 7.80. The molecule has 36 heavy (non-hydrogen) atoms. The van der Waals surface area contributed by atoms with Crippen LogP contribution in [0, 0.1) is 0 Å². The third kappa shape index (κ3) is 6.49. The van der Waals surface area contributed by atoms with E-state index in [1.54, 1.807) is 25.7 Å². The Balaban J connectivity index is 1.82. The summed E-state index contributed by atoms with van der Waals surface area (Å²) in [6.45, 7) is 6.15. The third-order valence-corrected chi connectivity index (χ3v) is 5.40. The fourth-order valence-corrected chi connectivity index (χ4v) is 3.83. The van der Waals surface area contributed by atoms with Gasteiger partial charge in [0.25, 0.3) is 0 Å². The number of hydrogen-bond acceptors (Lipinski definition) is 7. The molecule has 0 radical (unpaired) electrons. The molecule has 3 rings (SSSR count). The number of likely N-dealkylation sites (tertiary alicyclic amines) is 1. The molecule has 1 aliphatic rings. The molecule has 13 nitrogen and oxygen atoms in total. The number of amides is 3. The largest absolute Gasteiger partial charge is 0.475 e. The quantitative estimate of drug-likeness (QED) is 0.460. The van der Waals surface area contributed by atoms with Crippen molar-refractivity contribution >= 4 is 46.7 Å². The topological polar surface area (TPSA) is 180 Å². The van der Waals surface area contributed by atoms with Crippen molar-refractivity contribution in [1.29, 1.82) is 0 Å². The minimum atomic E-state index is -1.53.